The van der Waals surface area contributed by atoms with E-state index in [1.807, 2.05) is 24.5 Å². The highest BCUT2D eigenvalue weighted by Gasteiger charge is 2.46. The van der Waals surface area contributed by atoms with E-state index in [2.05, 4.69) is 9.88 Å². The molecule has 0 amide bonds. The van der Waals surface area contributed by atoms with Gasteiger partial charge in [-0.15, -0.1) is 0 Å². The first-order valence-corrected chi connectivity index (χ1v) is 9.15. The number of hydrogen-bond acceptors (Lipinski definition) is 4. The largest absolute Gasteiger partial charge is 0.377 e. The fraction of sp³-hybridized carbons (Fsp3) is 0.737. The van der Waals surface area contributed by atoms with Gasteiger partial charge in [-0.1, -0.05) is 0 Å². The van der Waals surface area contributed by atoms with Crippen molar-refractivity contribution in [3.05, 3.63) is 30.1 Å². The summed E-state index contributed by atoms with van der Waals surface area (Å²) in [6.07, 6.45) is 10.5. The molecule has 2 aliphatic heterocycles. The Labute approximate surface area is 139 Å². The highest BCUT2D eigenvalue weighted by molar-refractivity contribution is 5.08. The van der Waals surface area contributed by atoms with E-state index in [1.165, 1.54) is 50.8 Å². The summed E-state index contributed by atoms with van der Waals surface area (Å²) in [5.41, 5.74) is 1.41. The maximum absolute atomic E-state index is 6.15. The van der Waals surface area contributed by atoms with E-state index in [9.17, 15) is 0 Å². The summed E-state index contributed by atoms with van der Waals surface area (Å²) >= 11 is 0. The topological polar surface area (TPSA) is 34.6 Å². The molecule has 0 aromatic carbocycles. The summed E-state index contributed by atoms with van der Waals surface area (Å²) in [6, 6.07) is 4.07. The molecule has 0 radical (unpaired) electrons. The van der Waals surface area contributed by atoms with E-state index in [0.29, 0.717) is 12.7 Å². The number of pyridine rings is 1. The summed E-state index contributed by atoms with van der Waals surface area (Å²) in [5, 5.41) is 0. The van der Waals surface area contributed by atoms with Crippen LogP contribution in [-0.4, -0.2) is 48.8 Å². The Morgan fingerprint density at radius 3 is 2.96 bits per heavy atom. The van der Waals surface area contributed by atoms with Gasteiger partial charge >= 0.3 is 0 Å². The van der Waals surface area contributed by atoms with Crippen LogP contribution in [0.1, 0.15) is 37.7 Å². The second-order valence-corrected chi connectivity index (χ2v) is 7.64. The minimum absolute atomic E-state index is 0.207. The van der Waals surface area contributed by atoms with E-state index < -0.39 is 0 Å². The minimum Gasteiger partial charge on any atom is -0.377 e. The quantitative estimate of drug-likeness (QED) is 0.808. The maximum atomic E-state index is 6.15. The van der Waals surface area contributed by atoms with Crippen LogP contribution >= 0.6 is 0 Å². The monoisotopic (exact) mass is 316 g/mol. The van der Waals surface area contributed by atoms with Crippen molar-refractivity contribution in [1.82, 2.24) is 9.88 Å². The first kappa shape index (κ1) is 15.6. The summed E-state index contributed by atoms with van der Waals surface area (Å²) in [5.74, 6) is 0.964. The van der Waals surface area contributed by atoms with Gasteiger partial charge in [-0.3, -0.25) is 4.98 Å². The SMILES string of the molecule is c1cc(COC[C@@]23CCCO[C@@H]2CCN(CC2CC2)C3)ccn1. The summed E-state index contributed by atoms with van der Waals surface area (Å²) in [6.45, 7) is 6.08. The molecular weight excluding hydrogens is 288 g/mol. The van der Waals surface area contributed by atoms with Crippen molar-refractivity contribution in [1.29, 1.82) is 0 Å². The number of piperidine rings is 1. The number of likely N-dealkylation sites (tertiary alicyclic amines) is 1. The van der Waals surface area contributed by atoms with Crippen LogP contribution in [0.15, 0.2) is 24.5 Å². The summed E-state index contributed by atoms with van der Waals surface area (Å²) in [4.78, 5) is 6.75. The zero-order valence-corrected chi connectivity index (χ0v) is 14.0. The lowest BCUT2D eigenvalue weighted by Gasteiger charge is -2.50. The van der Waals surface area contributed by atoms with Crippen molar-refractivity contribution in [3.8, 4) is 0 Å². The molecule has 23 heavy (non-hydrogen) atoms. The van der Waals surface area contributed by atoms with Gasteiger partial charge in [-0.25, -0.2) is 0 Å². The minimum atomic E-state index is 0.207. The average molecular weight is 316 g/mol. The van der Waals surface area contributed by atoms with Gasteiger partial charge in [-0.2, -0.15) is 0 Å². The average Bonchev–Trinajstić information content (AvgIpc) is 3.39. The number of rotatable bonds is 6. The first-order valence-electron chi connectivity index (χ1n) is 9.15. The molecule has 0 spiro atoms. The zero-order chi connectivity index (χ0) is 15.5. The Bertz CT molecular complexity index is 505. The Morgan fingerprint density at radius 1 is 1.26 bits per heavy atom. The van der Waals surface area contributed by atoms with Crippen LogP contribution in [0.2, 0.25) is 0 Å². The molecule has 2 atom stereocenters. The van der Waals surface area contributed by atoms with Crippen LogP contribution in [0.25, 0.3) is 0 Å². The fourth-order valence-electron chi connectivity index (χ4n) is 4.27. The van der Waals surface area contributed by atoms with Crippen molar-refractivity contribution in [3.63, 3.8) is 0 Å². The van der Waals surface area contributed by atoms with Crippen LogP contribution in [0.3, 0.4) is 0 Å². The molecule has 0 bridgehead atoms. The normalized spacial score (nSPS) is 31.7. The number of aromatic nitrogens is 1. The van der Waals surface area contributed by atoms with Crippen molar-refractivity contribution >= 4 is 0 Å². The number of hydrogen-bond donors (Lipinski definition) is 0. The highest BCUT2D eigenvalue weighted by Crippen LogP contribution is 2.42. The summed E-state index contributed by atoms with van der Waals surface area (Å²) < 4.78 is 12.3. The standard InChI is InChI=1S/C19H28N2O2/c1-7-19(15-22-13-17-4-8-20-9-5-17)14-21(12-16-2-3-16)10-6-18(19)23-11-1/h4-5,8-9,16,18H,1-3,6-7,10-15H2/t18-,19+/m1/s1. The Morgan fingerprint density at radius 2 is 2.13 bits per heavy atom. The molecule has 4 nitrogen and oxygen atoms in total. The second-order valence-electron chi connectivity index (χ2n) is 7.64. The van der Waals surface area contributed by atoms with Gasteiger partial charge in [0.25, 0.3) is 0 Å². The van der Waals surface area contributed by atoms with Crippen LogP contribution in [-0.2, 0) is 16.1 Å². The zero-order valence-electron chi connectivity index (χ0n) is 14.0. The molecule has 1 saturated carbocycles. The Hall–Kier alpha value is -0.970. The molecule has 3 fully saturated rings. The maximum Gasteiger partial charge on any atom is 0.0718 e. The van der Waals surface area contributed by atoms with E-state index in [-0.39, 0.29) is 5.41 Å². The first-order chi connectivity index (χ1) is 11.3. The molecule has 2 saturated heterocycles. The predicted octanol–water partition coefficient (Wildman–Crippen LogP) is 2.88. The molecular formula is C19H28N2O2. The van der Waals surface area contributed by atoms with Gasteiger partial charge in [0.2, 0.25) is 0 Å². The van der Waals surface area contributed by atoms with E-state index in [4.69, 9.17) is 9.47 Å². The molecule has 1 aromatic heterocycles. The molecule has 1 aliphatic carbocycles. The smallest absolute Gasteiger partial charge is 0.0718 e. The van der Waals surface area contributed by atoms with Gasteiger partial charge < -0.3 is 14.4 Å². The van der Waals surface area contributed by atoms with Gasteiger partial charge in [0.15, 0.2) is 0 Å². The van der Waals surface area contributed by atoms with Crippen molar-refractivity contribution in [2.45, 2.75) is 44.8 Å². The lowest BCUT2D eigenvalue weighted by molar-refractivity contribution is -0.155. The highest BCUT2D eigenvalue weighted by atomic mass is 16.5. The summed E-state index contributed by atoms with van der Waals surface area (Å²) in [7, 11) is 0. The Kier molecular flexibility index (Phi) is 4.65. The molecule has 0 N–H and O–H groups in total. The van der Waals surface area contributed by atoms with Crippen molar-refractivity contribution < 1.29 is 9.47 Å². The lowest BCUT2D eigenvalue weighted by Crippen LogP contribution is -2.57. The third-order valence-corrected chi connectivity index (χ3v) is 5.69. The molecule has 126 valence electrons. The molecule has 4 heteroatoms. The third kappa shape index (κ3) is 3.76. The molecule has 3 aliphatic rings. The molecule has 0 unspecified atom stereocenters. The number of ether oxygens (including phenoxy) is 2. The number of fused-ring (bicyclic) bond motifs is 1. The van der Waals surface area contributed by atoms with Crippen LogP contribution in [0.4, 0.5) is 0 Å². The number of nitrogens with zero attached hydrogens (tertiary/aromatic N) is 2. The van der Waals surface area contributed by atoms with Crippen molar-refractivity contribution in [2.75, 3.05) is 32.8 Å². The Balaban J connectivity index is 1.38. The van der Waals surface area contributed by atoms with Gasteiger partial charge in [0.1, 0.15) is 0 Å². The van der Waals surface area contributed by atoms with E-state index in [1.54, 1.807) is 0 Å². The van der Waals surface area contributed by atoms with Crippen LogP contribution in [0.5, 0.6) is 0 Å². The van der Waals surface area contributed by atoms with Gasteiger partial charge in [0.05, 0.1) is 19.3 Å². The second kappa shape index (κ2) is 6.88. The molecule has 4 rings (SSSR count). The third-order valence-electron chi connectivity index (χ3n) is 5.69. The van der Waals surface area contributed by atoms with Crippen LogP contribution in [0, 0.1) is 11.3 Å². The van der Waals surface area contributed by atoms with Crippen molar-refractivity contribution in [2.24, 2.45) is 11.3 Å². The molecule has 1 aromatic rings. The lowest BCUT2D eigenvalue weighted by atomic mass is 9.73. The van der Waals surface area contributed by atoms with Gasteiger partial charge in [0, 0.05) is 44.0 Å². The van der Waals surface area contributed by atoms with Crippen LogP contribution < -0.4 is 0 Å². The molecule has 3 heterocycles. The fourth-order valence-corrected chi connectivity index (χ4v) is 4.27. The van der Waals surface area contributed by atoms with E-state index in [0.717, 1.165) is 25.7 Å². The van der Waals surface area contributed by atoms with E-state index >= 15 is 0 Å². The van der Waals surface area contributed by atoms with Gasteiger partial charge in [-0.05, 0) is 55.7 Å². The predicted molar refractivity (Wildman–Crippen MR) is 89.1 cm³/mol.